The Bertz CT molecular complexity index is 927. The van der Waals surface area contributed by atoms with E-state index in [9.17, 15) is 4.79 Å². The highest BCUT2D eigenvalue weighted by molar-refractivity contribution is 7.09. The van der Waals surface area contributed by atoms with Crippen molar-refractivity contribution in [1.29, 1.82) is 0 Å². The van der Waals surface area contributed by atoms with Crippen molar-refractivity contribution < 1.29 is 19.0 Å². The molecule has 2 heterocycles. The predicted octanol–water partition coefficient (Wildman–Crippen LogP) is 4.66. The molecule has 0 bridgehead atoms. The van der Waals surface area contributed by atoms with E-state index in [0.717, 1.165) is 21.9 Å². The molecule has 0 atom stereocenters. The molecule has 150 valence electrons. The summed E-state index contributed by atoms with van der Waals surface area (Å²) in [5.41, 5.74) is 1.90. The zero-order valence-electron chi connectivity index (χ0n) is 16.1. The molecule has 0 N–H and O–H groups in total. The molecule has 5 nitrogen and oxygen atoms in total. The maximum Gasteiger partial charge on any atom is 0.229 e. The topological polar surface area (TPSA) is 48.0 Å². The second kappa shape index (κ2) is 9.58. The fourth-order valence-electron chi connectivity index (χ4n) is 3.14. The molecule has 0 spiro atoms. The summed E-state index contributed by atoms with van der Waals surface area (Å²) in [5.74, 6) is 1.41. The van der Waals surface area contributed by atoms with E-state index < -0.39 is 0 Å². The summed E-state index contributed by atoms with van der Waals surface area (Å²) in [6, 6.07) is 19.6. The Morgan fingerprint density at radius 2 is 1.83 bits per heavy atom. The first-order chi connectivity index (χ1) is 14.3. The number of amides is 1. The van der Waals surface area contributed by atoms with E-state index in [4.69, 9.17) is 14.2 Å². The van der Waals surface area contributed by atoms with Crippen LogP contribution in [-0.4, -0.2) is 25.7 Å². The molecule has 0 saturated carbocycles. The standard InChI is InChI=1S/C23H23NO4S/c25-23(10-11-26-17-18-5-2-1-3-6-18)24(16-20-7-4-14-29-20)19-8-9-21-22(15-19)28-13-12-27-21/h1-9,14-15H,10-13,16-17H2. The lowest BCUT2D eigenvalue weighted by atomic mass is 10.2. The van der Waals surface area contributed by atoms with Crippen LogP contribution < -0.4 is 14.4 Å². The van der Waals surface area contributed by atoms with E-state index in [2.05, 4.69) is 0 Å². The van der Waals surface area contributed by atoms with E-state index in [0.29, 0.717) is 45.1 Å². The van der Waals surface area contributed by atoms with Gasteiger partial charge in [0.05, 0.1) is 26.2 Å². The second-order valence-electron chi connectivity index (χ2n) is 6.68. The third-order valence-electron chi connectivity index (χ3n) is 4.60. The molecule has 4 rings (SSSR count). The van der Waals surface area contributed by atoms with Crippen molar-refractivity contribution in [2.45, 2.75) is 19.6 Å². The Hall–Kier alpha value is -2.83. The third kappa shape index (κ3) is 5.16. The Morgan fingerprint density at radius 1 is 1.00 bits per heavy atom. The van der Waals surface area contributed by atoms with Crippen molar-refractivity contribution in [3.05, 3.63) is 76.5 Å². The minimum atomic E-state index is 0.0168. The minimum Gasteiger partial charge on any atom is -0.486 e. The van der Waals surface area contributed by atoms with Gasteiger partial charge in [0.25, 0.3) is 0 Å². The van der Waals surface area contributed by atoms with Gasteiger partial charge in [-0.25, -0.2) is 0 Å². The molecule has 29 heavy (non-hydrogen) atoms. The fourth-order valence-corrected chi connectivity index (χ4v) is 3.83. The smallest absolute Gasteiger partial charge is 0.229 e. The number of carbonyl (C=O) groups is 1. The normalized spacial score (nSPS) is 12.6. The third-order valence-corrected chi connectivity index (χ3v) is 5.47. The van der Waals surface area contributed by atoms with Crippen LogP contribution in [0.3, 0.4) is 0 Å². The first kappa shape index (κ1) is 19.5. The van der Waals surface area contributed by atoms with Gasteiger partial charge in [-0.2, -0.15) is 0 Å². The highest BCUT2D eigenvalue weighted by atomic mass is 32.1. The van der Waals surface area contributed by atoms with Gasteiger partial charge in [-0.3, -0.25) is 4.79 Å². The molecule has 1 aliphatic heterocycles. The number of anilines is 1. The average Bonchev–Trinajstić information content (AvgIpc) is 3.29. The maximum absolute atomic E-state index is 13.0. The van der Waals surface area contributed by atoms with Crippen molar-refractivity contribution in [2.75, 3.05) is 24.7 Å². The molecule has 0 unspecified atom stereocenters. The van der Waals surface area contributed by atoms with Gasteiger partial charge in [0.15, 0.2) is 11.5 Å². The second-order valence-corrected chi connectivity index (χ2v) is 7.71. The zero-order valence-corrected chi connectivity index (χ0v) is 16.9. The first-order valence-electron chi connectivity index (χ1n) is 9.64. The predicted molar refractivity (Wildman–Crippen MR) is 114 cm³/mol. The number of rotatable bonds is 8. The molecule has 0 aliphatic carbocycles. The van der Waals surface area contributed by atoms with Crippen molar-refractivity contribution in [3.63, 3.8) is 0 Å². The Kier molecular flexibility index (Phi) is 6.44. The molecule has 3 aromatic rings. The van der Waals surface area contributed by atoms with E-state index in [1.54, 1.807) is 16.2 Å². The molecular weight excluding hydrogens is 386 g/mol. The number of hydrogen-bond acceptors (Lipinski definition) is 5. The van der Waals surface area contributed by atoms with Crippen molar-refractivity contribution >= 4 is 22.9 Å². The van der Waals surface area contributed by atoms with Crippen LogP contribution in [0, 0.1) is 0 Å². The van der Waals surface area contributed by atoms with Gasteiger partial charge in [-0.05, 0) is 29.1 Å². The van der Waals surface area contributed by atoms with Gasteiger partial charge < -0.3 is 19.1 Å². The monoisotopic (exact) mass is 409 g/mol. The Balaban J connectivity index is 1.43. The molecular formula is C23H23NO4S. The van der Waals surface area contributed by atoms with Crippen LogP contribution in [0.4, 0.5) is 5.69 Å². The lowest BCUT2D eigenvalue weighted by Gasteiger charge is -2.25. The number of thiophene rings is 1. The molecule has 0 radical (unpaired) electrons. The van der Waals surface area contributed by atoms with Gasteiger partial charge in [-0.15, -0.1) is 11.3 Å². The van der Waals surface area contributed by atoms with Crippen LogP contribution in [0.25, 0.3) is 0 Å². The minimum absolute atomic E-state index is 0.0168. The van der Waals surface area contributed by atoms with Crippen LogP contribution in [0.1, 0.15) is 16.9 Å². The number of benzene rings is 2. The quantitative estimate of drug-likeness (QED) is 0.508. The van der Waals surface area contributed by atoms with Crippen LogP contribution in [0.5, 0.6) is 11.5 Å². The van der Waals surface area contributed by atoms with Crippen LogP contribution >= 0.6 is 11.3 Å². The van der Waals surface area contributed by atoms with Crippen LogP contribution in [0.15, 0.2) is 66.0 Å². The summed E-state index contributed by atoms with van der Waals surface area (Å²) >= 11 is 1.64. The van der Waals surface area contributed by atoms with Crippen LogP contribution in [-0.2, 0) is 22.7 Å². The number of fused-ring (bicyclic) bond motifs is 1. The summed E-state index contributed by atoms with van der Waals surface area (Å²) in [7, 11) is 0. The van der Waals surface area contributed by atoms with Gasteiger partial charge in [-0.1, -0.05) is 36.4 Å². The highest BCUT2D eigenvalue weighted by Crippen LogP contribution is 2.35. The zero-order chi connectivity index (χ0) is 19.9. The Morgan fingerprint density at radius 3 is 2.62 bits per heavy atom. The van der Waals surface area contributed by atoms with E-state index in [1.807, 2.05) is 66.0 Å². The summed E-state index contributed by atoms with van der Waals surface area (Å²) in [4.78, 5) is 15.9. The summed E-state index contributed by atoms with van der Waals surface area (Å²) in [5, 5.41) is 2.02. The summed E-state index contributed by atoms with van der Waals surface area (Å²) in [6.07, 6.45) is 0.312. The summed E-state index contributed by atoms with van der Waals surface area (Å²) < 4.78 is 17.0. The van der Waals surface area contributed by atoms with Gasteiger partial charge in [0.2, 0.25) is 5.91 Å². The van der Waals surface area contributed by atoms with Crippen molar-refractivity contribution in [3.8, 4) is 11.5 Å². The van der Waals surface area contributed by atoms with E-state index in [1.165, 1.54) is 0 Å². The number of carbonyl (C=O) groups excluding carboxylic acids is 1. The SMILES string of the molecule is O=C(CCOCc1ccccc1)N(Cc1cccs1)c1ccc2c(c1)OCCO2. The molecule has 0 saturated heterocycles. The molecule has 1 amide bonds. The highest BCUT2D eigenvalue weighted by Gasteiger charge is 2.20. The molecule has 1 aromatic heterocycles. The van der Waals surface area contributed by atoms with E-state index >= 15 is 0 Å². The summed E-state index contributed by atoms with van der Waals surface area (Å²) in [6.45, 7) is 2.46. The largest absolute Gasteiger partial charge is 0.486 e. The fraction of sp³-hybridized carbons (Fsp3) is 0.261. The first-order valence-corrected chi connectivity index (χ1v) is 10.5. The van der Waals surface area contributed by atoms with Gasteiger partial charge >= 0.3 is 0 Å². The molecule has 0 fully saturated rings. The van der Waals surface area contributed by atoms with Crippen LogP contribution in [0.2, 0.25) is 0 Å². The number of ether oxygens (including phenoxy) is 3. The number of nitrogens with zero attached hydrogens (tertiary/aromatic N) is 1. The maximum atomic E-state index is 13.0. The van der Waals surface area contributed by atoms with Gasteiger partial charge in [0, 0.05) is 16.6 Å². The molecule has 1 aliphatic rings. The molecule has 2 aromatic carbocycles. The lowest BCUT2D eigenvalue weighted by molar-refractivity contribution is -0.119. The molecule has 6 heteroatoms. The van der Waals surface area contributed by atoms with Crippen molar-refractivity contribution in [1.82, 2.24) is 0 Å². The average molecular weight is 410 g/mol. The van der Waals surface area contributed by atoms with E-state index in [-0.39, 0.29) is 5.91 Å². The van der Waals surface area contributed by atoms with Crippen molar-refractivity contribution in [2.24, 2.45) is 0 Å². The Labute approximate surface area is 174 Å². The lowest BCUT2D eigenvalue weighted by Crippen LogP contribution is -2.31. The number of hydrogen-bond donors (Lipinski definition) is 0. The van der Waals surface area contributed by atoms with Gasteiger partial charge in [0.1, 0.15) is 13.2 Å².